The van der Waals surface area contributed by atoms with E-state index in [2.05, 4.69) is 9.15 Å². The van der Waals surface area contributed by atoms with E-state index in [4.69, 9.17) is 4.74 Å². The third-order valence-corrected chi connectivity index (χ3v) is 1.92. The lowest BCUT2D eigenvalue weighted by Gasteiger charge is -2.19. The van der Waals surface area contributed by atoms with Crippen LogP contribution in [0.3, 0.4) is 0 Å². The molecule has 0 saturated heterocycles. The van der Waals surface area contributed by atoms with Crippen molar-refractivity contribution in [3.63, 3.8) is 0 Å². The van der Waals surface area contributed by atoms with Crippen molar-refractivity contribution >= 4 is 17.1 Å². The van der Waals surface area contributed by atoms with Crippen molar-refractivity contribution in [3.05, 3.63) is 17.7 Å². The minimum atomic E-state index is -0.577. The van der Waals surface area contributed by atoms with E-state index >= 15 is 0 Å². The summed E-state index contributed by atoms with van der Waals surface area (Å²) >= 11 is 0. The predicted octanol–water partition coefficient (Wildman–Crippen LogP) is 2.69. The van der Waals surface area contributed by atoms with Crippen molar-refractivity contribution in [1.82, 2.24) is 0 Å². The van der Waals surface area contributed by atoms with Gasteiger partial charge in [0.15, 0.2) is 5.75 Å². The Morgan fingerprint density at radius 1 is 1.25 bits per heavy atom. The minimum absolute atomic E-state index is 0.0615. The van der Waals surface area contributed by atoms with Gasteiger partial charge in [-0.25, -0.2) is 4.79 Å². The minimum Gasteiger partial charge on any atom is -0.504 e. The normalized spacial score (nSPS) is 11.9. The standard InChI is InChI=1S/C11H12O5/c1-11(2,3)14-10(13)6-4-5-7(12)9-8(6)15-16-9/h4-5,12H,1-3H3. The second kappa shape index (κ2) is 3.30. The van der Waals surface area contributed by atoms with Gasteiger partial charge in [-0.1, -0.05) is 0 Å². The molecule has 0 unspecified atom stereocenters. The largest absolute Gasteiger partial charge is 0.504 e. The van der Waals surface area contributed by atoms with Crippen LogP contribution in [0.1, 0.15) is 31.1 Å². The molecule has 16 heavy (non-hydrogen) atoms. The Balaban J connectivity index is 2.35. The SMILES string of the molecule is CC(C)(C)OC(=O)c1ccc(O)c2ooc12. The zero-order chi connectivity index (χ0) is 11.9. The number of carbonyl (C=O) groups excluding carboxylic acids is 1. The molecule has 2 rings (SSSR count). The van der Waals surface area contributed by atoms with Gasteiger partial charge >= 0.3 is 5.97 Å². The van der Waals surface area contributed by atoms with Gasteiger partial charge in [-0.05, 0) is 32.9 Å². The molecule has 0 aliphatic rings. The number of fused-ring (bicyclic) bond motifs is 1. The molecule has 1 aromatic heterocycles. The Bertz CT molecular complexity index is 526. The topological polar surface area (TPSA) is 72.8 Å². The summed E-state index contributed by atoms with van der Waals surface area (Å²) in [5.41, 5.74) is 0.0542. The molecule has 0 amide bonds. The molecular weight excluding hydrogens is 212 g/mol. The average Bonchev–Trinajstić information content (AvgIpc) is 2.04. The Hall–Kier alpha value is -1.91. The quantitative estimate of drug-likeness (QED) is 0.595. The molecule has 2 aromatic rings. The van der Waals surface area contributed by atoms with Crippen LogP contribution in [0.2, 0.25) is 0 Å². The van der Waals surface area contributed by atoms with Gasteiger partial charge in [0.05, 0.1) is 0 Å². The zero-order valence-electron chi connectivity index (χ0n) is 9.23. The van der Waals surface area contributed by atoms with Crippen LogP contribution in [-0.2, 0) is 4.74 Å². The summed E-state index contributed by atoms with van der Waals surface area (Å²) in [5, 5.41) is 9.33. The second-order valence-electron chi connectivity index (χ2n) is 4.46. The Kier molecular flexibility index (Phi) is 2.18. The van der Waals surface area contributed by atoms with E-state index < -0.39 is 11.6 Å². The molecule has 0 radical (unpaired) electrons. The Morgan fingerprint density at radius 2 is 1.88 bits per heavy atom. The maximum absolute atomic E-state index is 11.7. The predicted molar refractivity (Wildman–Crippen MR) is 55.3 cm³/mol. The van der Waals surface area contributed by atoms with Crippen LogP contribution < -0.4 is 0 Å². The fourth-order valence-corrected chi connectivity index (χ4v) is 1.26. The lowest BCUT2D eigenvalue weighted by Crippen LogP contribution is -2.24. The Labute approximate surface area is 91.5 Å². The monoisotopic (exact) mass is 224 g/mol. The first-order chi connectivity index (χ1) is 7.38. The van der Waals surface area contributed by atoms with E-state index in [1.54, 1.807) is 20.8 Å². The van der Waals surface area contributed by atoms with E-state index in [-0.39, 0.29) is 22.5 Å². The molecule has 0 aliphatic carbocycles. The van der Waals surface area contributed by atoms with Gasteiger partial charge in [-0.3, -0.25) is 9.15 Å². The van der Waals surface area contributed by atoms with Crippen LogP contribution >= 0.6 is 0 Å². The Morgan fingerprint density at radius 3 is 2.38 bits per heavy atom. The summed E-state index contributed by atoms with van der Waals surface area (Å²) in [6.07, 6.45) is 0. The summed E-state index contributed by atoms with van der Waals surface area (Å²) in [4.78, 5) is 11.7. The molecule has 1 heterocycles. The number of esters is 1. The molecule has 0 fully saturated rings. The summed E-state index contributed by atoms with van der Waals surface area (Å²) in [6.45, 7) is 5.32. The van der Waals surface area contributed by atoms with E-state index in [9.17, 15) is 9.90 Å². The molecule has 0 saturated carbocycles. The molecule has 0 spiro atoms. The number of ether oxygens (including phenoxy) is 1. The molecule has 0 aliphatic heterocycles. The van der Waals surface area contributed by atoms with Crippen molar-refractivity contribution in [2.45, 2.75) is 26.4 Å². The summed E-state index contributed by atoms with van der Waals surface area (Å²) in [6, 6.07) is 2.80. The lowest BCUT2D eigenvalue weighted by atomic mass is 10.1. The molecule has 1 aromatic carbocycles. The van der Waals surface area contributed by atoms with Crippen molar-refractivity contribution in [2.75, 3.05) is 0 Å². The van der Waals surface area contributed by atoms with Gasteiger partial charge in [0.1, 0.15) is 11.2 Å². The molecule has 5 heteroatoms. The van der Waals surface area contributed by atoms with Gasteiger partial charge in [0.25, 0.3) is 5.58 Å². The van der Waals surface area contributed by atoms with Crippen LogP contribution in [0.4, 0.5) is 0 Å². The fourth-order valence-electron chi connectivity index (χ4n) is 1.26. The number of rotatable bonds is 1. The zero-order valence-corrected chi connectivity index (χ0v) is 9.23. The molecule has 86 valence electrons. The van der Waals surface area contributed by atoms with Gasteiger partial charge in [0, 0.05) is 0 Å². The van der Waals surface area contributed by atoms with Crippen LogP contribution in [0, 0.1) is 0 Å². The highest BCUT2D eigenvalue weighted by atomic mass is 17.0. The molecule has 0 bridgehead atoms. The smallest absolute Gasteiger partial charge is 0.342 e. The van der Waals surface area contributed by atoms with Crippen molar-refractivity contribution in [2.24, 2.45) is 0 Å². The summed E-state index contributed by atoms with van der Waals surface area (Å²) < 4.78 is 14.4. The van der Waals surface area contributed by atoms with Crippen LogP contribution in [0.5, 0.6) is 5.75 Å². The van der Waals surface area contributed by atoms with E-state index in [0.29, 0.717) is 0 Å². The third-order valence-electron chi connectivity index (χ3n) is 1.92. The highest BCUT2D eigenvalue weighted by Gasteiger charge is 2.24. The number of phenolic OH excluding ortho intramolecular Hbond substituents is 1. The molecule has 0 atom stereocenters. The van der Waals surface area contributed by atoms with Gasteiger partial charge in [-0.15, -0.1) is 0 Å². The maximum Gasteiger partial charge on any atom is 0.342 e. The van der Waals surface area contributed by atoms with Crippen molar-refractivity contribution in [1.29, 1.82) is 0 Å². The van der Waals surface area contributed by atoms with Gasteiger partial charge < -0.3 is 9.84 Å². The van der Waals surface area contributed by atoms with Crippen LogP contribution in [-0.4, -0.2) is 16.7 Å². The number of hydrogen-bond donors (Lipinski definition) is 1. The van der Waals surface area contributed by atoms with E-state index in [0.717, 1.165) is 0 Å². The van der Waals surface area contributed by atoms with Gasteiger partial charge in [0.2, 0.25) is 5.58 Å². The highest BCUT2D eigenvalue weighted by molar-refractivity contribution is 6.02. The number of benzene rings is 1. The average molecular weight is 224 g/mol. The number of aromatic hydroxyl groups is 1. The first-order valence-corrected chi connectivity index (χ1v) is 4.82. The van der Waals surface area contributed by atoms with Crippen molar-refractivity contribution < 1.29 is 23.8 Å². The summed E-state index contributed by atoms with van der Waals surface area (Å²) in [7, 11) is 0. The van der Waals surface area contributed by atoms with Crippen molar-refractivity contribution in [3.8, 4) is 5.75 Å². The maximum atomic E-state index is 11.7. The molecule has 5 nitrogen and oxygen atoms in total. The lowest BCUT2D eigenvalue weighted by molar-refractivity contribution is 0.00555. The van der Waals surface area contributed by atoms with E-state index in [1.807, 2.05) is 0 Å². The highest BCUT2D eigenvalue weighted by Crippen LogP contribution is 2.31. The first-order valence-electron chi connectivity index (χ1n) is 4.82. The summed E-state index contributed by atoms with van der Waals surface area (Å²) in [5.74, 6) is -0.569. The fraction of sp³-hybridized carbons (Fsp3) is 0.364. The van der Waals surface area contributed by atoms with E-state index in [1.165, 1.54) is 12.1 Å². The number of phenols is 1. The van der Waals surface area contributed by atoms with Gasteiger partial charge in [-0.2, -0.15) is 0 Å². The molecule has 1 N–H and O–H groups in total. The first kappa shape index (κ1) is 10.6. The number of carbonyl (C=O) groups is 1. The number of hydrogen-bond acceptors (Lipinski definition) is 5. The third kappa shape index (κ3) is 1.76. The van der Waals surface area contributed by atoms with Crippen LogP contribution in [0.25, 0.3) is 11.2 Å². The van der Waals surface area contributed by atoms with Crippen LogP contribution in [0.15, 0.2) is 21.3 Å². The second-order valence-corrected chi connectivity index (χ2v) is 4.46. The molecular formula is C11H12O5.